The second-order valence-electron chi connectivity index (χ2n) is 2.99. The van der Waals surface area contributed by atoms with Crippen molar-refractivity contribution in [3.05, 3.63) is 0 Å². The van der Waals surface area contributed by atoms with Gasteiger partial charge in [0.15, 0.2) is 0 Å². The first-order valence-electron chi connectivity index (χ1n) is 3.65. The molecule has 0 saturated carbocycles. The van der Waals surface area contributed by atoms with Crippen molar-refractivity contribution in [1.29, 1.82) is 0 Å². The van der Waals surface area contributed by atoms with Gasteiger partial charge in [0.05, 0.1) is 0 Å². The van der Waals surface area contributed by atoms with Gasteiger partial charge in [0.1, 0.15) is 0 Å². The molecule has 1 amide bonds. The van der Waals surface area contributed by atoms with Crippen LogP contribution in [-0.2, 0) is 4.79 Å². The van der Waals surface area contributed by atoms with E-state index in [0.717, 1.165) is 14.1 Å². The Morgan fingerprint density at radius 2 is 1.38 bits per heavy atom. The van der Waals surface area contributed by atoms with Crippen molar-refractivity contribution in [2.24, 2.45) is 0 Å². The maximum absolute atomic E-state index is 12.2. The summed E-state index contributed by atoms with van der Waals surface area (Å²) in [6.45, 7) is 0. The average molecular weight is 273 g/mol. The van der Waals surface area contributed by atoms with Crippen molar-refractivity contribution >= 4 is 17.5 Å². The molecule has 0 atom stereocenters. The maximum atomic E-state index is 12.2. The van der Waals surface area contributed by atoms with Crippen LogP contribution in [0.25, 0.3) is 0 Å². The largest absolute Gasteiger partial charge is 0.425 e. The summed E-state index contributed by atoms with van der Waals surface area (Å²) in [5, 5.41) is 0.622. The highest BCUT2D eigenvalue weighted by molar-refractivity contribution is 6.36. The van der Waals surface area contributed by atoms with E-state index >= 15 is 0 Å². The van der Waals surface area contributed by atoms with Gasteiger partial charge in [-0.25, -0.2) is 5.01 Å². The van der Waals surface area contributed by atoms with Gasteiger partial charge in [0.2, 0.25) is 0 Å². The maximum Gasteiger partial charge on any atom is 0.425 e. The zero-order chi connectivity index (χ0) is 13.4. The third kappa shape index (κ3) is 2.70. The van der Waals surface area contributed by atoms with Crippen LogP contribution in [0.4, 0.5) is 26.3 Å². The minimum absolute atomic E-state index is 0.622. The number of nitrogens with one attached hydrogen (secondary N) is 1. The van der Waals surface area contributed by atoms with Gasteiger partial charge >= 0.3 is 17.2 Å². The summed E-state index contributed by atoms with van der Waals surface area (Å²) in [5.74, 6) is -2.40. The van der Waals surface area contributed by atoms with Gasteiger partial charge < -0.3 is 0 Å². The lowest BCUT2D eigenvalue weighted by atomic mass is 10.1. The molecule has 0 unspecified atom stereocenters. The number of hydrogen-bond donors (Lipinski definition) is 1. The van der Waals surface area contributed by atoms with E-state index in [1.54, 1.807) is 0 Å². The smallest absolute Gasteiger partial charge is 0.287 e. The number of carbonyl (C=O) groups is 1. The normalized spacial score (nSPS) is 14.1. The molecule has 0 spiro atoms. The molecular weight excluding hydrogens is 266 g/mol. The Kier molecular flexibility index (Phi) is 4.10. The molecule has 0 aromatic heterocycles. The number of amides is 1. The molecule has 0 radical (unpaired) electrons. The Hall–Kier alpha value is -0.700. The van der Waals surface area contributed by atoms with Crippen LogP contribution in [0.15, 0.2) is 0 Å². The highest BCUT2D eigenvalue weighted by Crippen LogP contribution is 2.48. The van der Waals surface area contributed by atoms with E-state index in [1.165, 1.54) is 5.43 Å². The summed E-state index contributed by atoms with van der Waals surface area (Å²) < 4.78 is 73.0. The van der Waals surface area contributed by atoms with E-state index in [2.05, 4.69) is 11.6 Å². The molecule has 1 N–H and O–H groups in total. The molecule has 10 heteroatoms. The summed E-state index contributed by atoms with van der Waals surface area (Å²) >= 11 is 4.40. The molecule has 0 rings (SSSR count). The molecule has 0 aromatic carbocycles. The van der Waals surface area contributed by atoms with Crippen LogP contribution in [0.3, 0.4) is 0 Å². The van der Waals surface area contributed by atoms with Crippen LogP contribution in [0, 0.1) is 0 Å². The minimum atomic E-state index is -5.95. The molecule has 0 saturated heterocycles. The van der Waals surface area contributed by atoms with Crippen molar-refractivity contribution < 1.29 is 31.1 Å². The van der Waals surface area contributed by atoms with Crippen molar-refractivity contribution in [2.45, 2.75) is 17.2 Å². The van der Waals surface area contributed by atoms with Crippen LogP contribution in [0.5, 0.6) is 0 Å². The Morgan fingerprint density at radius 3 is 1.56 bits per heavy atom. The first kappa shape index (κ1) is 15.3. The summed E-state index contributed by atoms with van der Waals surface area (Å²) in [4.78, 5) is 5.89. The van der Waals surface area contributed by atoms with Crippen LogP contribution in [0.1, 0.15) is 0 Å². The quantitative estimate of drug-likeness (QED) is 0.471. The van der Waals surface area contributed by atoms with Gasteiger partial charge in [0.25, 0.3) is 5.91 Å². The Labute approximate surface area is 91.3 Å². The van der Waals surface area contributed by atoms with E-state index in [9.17, 15) is 31.1 Å². The van der Waals surface area contributed by atoms with Gasteiger partial charge in [-0.05, 0) is 0 Å². The van der Waals surface area contributed by atoms with Crippen LogP contribution in [0.2, 0.25) is 0 Å². The van der Waals surface area contributed by atoms with Crippen LogP contribution < -0.4 is 5.43 Å². The first-order chi connectivity index (χ1) is 6.84. The van der Waals surface area contributed by atoms with E-state index in [1.807, 2.05) is 0 Å². The van der Waals surface area contributed by atoms with Crippen LogP contribution >= 0.6 is 11.6 Å². The predicted octanol–water partition coefficient (Wildman–Crippen LogP) is 1.68. The third-order valence-electron chi connectivity index (χ3n) is 1.42. The highest BCUT2D eigenvalue weighted by Gasteiger charge is 2.75. The molecule has 0 bridgehead atoms. The lowest BCUT2D eigenvalue weighted by molar-refractivity contribution is -0.261. The van der Waals surface area contributed by atoms with Gasteiger partial charge in [-0.1, -0.05) is 11.6 Å². The summed E-state index contributed by atoms with van der Waals surface area (Å²) in [6, 6.07) is 0. The fourth-order valence-corrected chi connectivity index (χ4v) is 0.741. The Bertz CT molecular complexity index is 259. The topological polar surface area (TPSA) is 32.3 Å². The van der Waals surface area contributed by atoms with Gasteiger partial charge in [-0.2, -0.15) is 26.3 Å². The average Bonchev–Trinajstić information content (AvgIpc) is 1.96. The Balaban J connectivity index is 5.36. The van der Waals surface area contributed by atoms with Crippen molar-refractivity contribution in [2.75, 3.05) is 14.1 Å². The fraction of sp³-hybridized carbons (Fsp3) is 0.833. The minimum Gasteiger partial charge on any atom is -0.287 e. The van der Waals surface area contributed by atoms with E-state index in [-0.39, 0.29) is 0 Å². The van der Waals surface area contributed by atoms with E-state index in [4.69, 9.17) is 0 Å². The van der Waals surface area contributed by atoms with E-state index < -0.39 is 23.1 Å². The molecule has 16 heavy (non-hydrogen) atoms. The third-order valence-corrected chi connectivity index (χ3v) is 2.02. The van der Waals surface area contributed by atoms with Crippen LogP contribution in [-0.4, -0.2) is 42.2 Å². The van der Waals surface area contributed by atoms with Gasteiger partial charge in [-0.15, -0.1) is 0 Å². The second-order valence-corrected chi connectivity index (χ2v) is 3.56. The molecule has 0 heterocycles. The SMILES string of the molecule is CN(C)NC(=O)C(Cl)(C(F)(F)F)C(F)(F)F. The lowest BCUT2D eigenvalue weighted by Crippen LogP contribution is -2.63. The summed E-state index contributed by atoms with van der Waals surface area (Å²) in [6.07, 6.45) is -11.9. The van der Waals surface area contributed by atoms with Crippen molar-refractivity contribution in [3.63, 3.8) is 0 Å². The molecular formula is C6H7ClF6N2O. The molecule has 0 fully saturated rings. The van der Waals surface area contributed by atoms with Crippen molar-refractivity contribution in [1.82, 2.24) is 10.4 Å². The number of alkyl halides is 7. The van der Waals surface area contributed by atoms with Crippen molar-refractivity contribution in [3.8, 4) is 0 Å². The fourth-order valence-electron chi connectivity index (χ4n) is 0.698. The number of hydrogen-bond acceptors (Lipinski definition) is 2. The van der Waals surface area contributed by atoms with Gasteiger partial charge in [0, 0.05) is 14.1 Å². The highest BCUT2D eigenvalue weighted by atomic mass is 35.5. The molecule has 0 aliphatic heterocycles. The molecule has 0 aliphatic rings. The molecule has 3 nitrogen and oxygen atoms in total. The number of rotatable bonds is 2. The summed E-state index contributed by atoms with van der Waals surface area (Å²) in [7, 11) is 2.09. The zero-order valence-electron chi connectivity index (χ0n) is 8.00. The number of nitrogens with zero attached hydrogens (tertiary/aromatic N) is 1. The first-order valence-corrected chi connectivity index (χ1v) is 4.02. The van der Waals surface area contributed by atoms with E-state index in [0.29, 0.717) is 5.01 Å². The molecule has 96 valence electrons. The number of carbonyl (C=O) groups excluding carboxylic acids is 1. The summed E-state index contributed by atoms with van der Waals surface area (Å²) in [5.41, 5.74) is 1.32. The number of halogens is 7. The molecule has 0 aromatic rings. The van der Waals surface area contributed by atoms with Gasteiger partial charge in [-0.3, -0.25) is 10.2 Å². The lowest BCUT2D eigenvalue weighted by Gasteiger charge is -2.31. The monoisotopic (exact) mass is 272 g/mol. The second kappa shape index (κ2) is 4.28. The standard InChI is InChI=1S/C6H7ClF6N2O/c1-15(2)14-3(16)4(7,5(8,9)10)6(11,12)13/h1-2H3,(H,14,16). The Morgan fingerprint density at radius 1 is 1.06 bits per heavy atom. The number of hydrazine groups is 1. The predicted molar refractivity (Wildman–Crippen MR) is 42.5 cm³/mol. The zero-order valence-corrected chi connectivity index (χ0v) is 8.76. The molecule has 0 aliphatic carbocycles.